The molecule has 0 rings (SSSR count). The Balaban J connectivity index is 0. The van der Waals surface area contributed by atoms with Gasteiger partial charge in [0, 0.05) is 21.1 Å². The van der Waals surface area contributed by atoms with Crippen molar-refractivity contribution in [1.82, 2.24) is 0 Å². The van der Waals surface area contributed by atoms with E-state index in [0.717, 1.165) is 11.8 Å². The molecule has 0 atom stereocenters. The molecule has 2 nitrogen and oxygen atoms in total. The molecule has 0 saturated heterocycles. The molecule has 0 aromatic carbocycles. The summed E-state index contributed by atoms with van der Waals surface area (Å²) in [7, 11) is 0. The van der Waals surface area contributed by atoms with Gasteiger partial charge in [-0.1, -0.05) is 12.2 Å². The number of thiocarbonyl (C=S) groups is 1. The SMILES string of the molecule is NC(=S)SC=O.[W]. The van der Waals surface area contributed by atoms with E-state index in [2.05, 4.69) is 12.2 Å². The molecule has 0 unspecified atom stereocenters. The summed E-state index contributed by atoms with van der Waals surface area (Å²) < 4.78 is 0.171. The van der Waals surface area contributed by atoms with E-state index in [-0.39, 0.29) is 25.4 Å². The second-order valence-electron chi connectivity index (χ2n) is 0.533. The van der Waals surface area contributed by atoms with Gasteiger partial charge in [0.25, 0.3) is 0 Å². The number of hydrogen-bond donors (Lipinski definition) is 1. The predicted octanol–water partition coefficient (Wildman–Crippen LogP) is 0.151. The maximum Gasteiger partial charge on any atom is 0.183 e. The summed E-state index contributed by atoms with van der Waals surface area (Å²) in [5.74, 6) is 0. The molecule has 0 aliphatic heterocycles. The zero-order chi connectivity index (χ0) is 4.99. The number of hydrogen-bond acceptors (Lipinski definition) is 3. The molecule has 2 N–H and O–H groups in total. The molecule has 7 heavy (non-hydrogen) atoms. The first kappa shape index (κ1) is 10.6. The summed E-state index contributed by atoms with van der Waals surface area (Å²) in [6.07, 6.45) is 0. The average Bonchev–Trinajstić information content (AvgIpc) is 1.35. The van der Waals surface area contributed by atoms with Gasteiger partial charge in [-0.15, -0.1) is 0 Å². The molecule has 0 aromatic rings. The van der Waals surface area contributed by atoms with Gasteiger partial charge in [0.05, 0.1) is 0 Å². The van der Waals surface area contributed by atoms with Crippen LogP contribution >= 0.6 is 24.0 Å². The maximum atomic E-state index is 9.41. The minimum atomic E-state index is 0. The first-order valence-electron chi connectivity index (χ1n) is 1.17. The van der Waals surface area contributed by atoms with Gasteiger partial charge in [-0.25, -0.2) is 0 Å². The Bertz CT molecular complexity index is 76.1. The molecular formula is C2H3NOS2W. The van der Waals surface area contributed by atoms with Gasteiger partial charge in [0.1, 0.15) is 4.32 Å². The van der Waals surface area contributed by atoms with Crippen LogP contribution in [0.2, 0.25) is 0 Å². The largest absolute Gasteiger partial charge is 0.384 e. The number of carbonyl (C=O) groups is 1. The van der Waals surface area contributed by atoms with Crippen LogP contribution in [0.4, 0.5) is 0 Å². The number of carbonyl (C=O) groups excluding carboxylic acids is 1. The van der Waals surface area contributed by atoms with Crippen molar-refractivity contribution in [3.63, 3.8) is 0 Å². The third kappa shape index (κ3) is 10.8. The third-order valence-electron chi connectivity index (χ3n) is 0.164. The maximum absolute atomic E-state index is 9.41. The first-order valence-corrected chi connectivity index (χ1v) is 2.46. The zero-order valence-corrected chi connectivity index (χ0v) is 7.85. The Morgan fingerprint density at radius 1 is 1.86 bits per heavy atom. The molecule has 0 spiro atoms. The van der Waals surface area contributed by atoms with Crippen molar-refractivity contribution in [3.05, 3.63) is 0 Å². The Labute approximate surface area is 65.5 Å². The fourth-order valence-electron chi connectivity index (χ4n) is 0.0474. The molecule has 0 aliphatic carbocycles. The summed E-state index contributed by atoms with van der Waals surface area (Å²) in [6.45, 7) is 0. The van der Waals surface area contributed by atoms with Gasteiger partial charge in [-0.2, -0.15) is 0 Å². The van der Waals surface area contributed by atoms with E-state index in [1.54, 1.807) is 0 Å². The molecule has 0 bridgehead atoms. The van der Waals surface area contributed by atoms with E-state index in [4.69, 9.17) is 5.73 Å². The van der Waals surface area contributed by atoms with Crippen LogP contribution in [-0.2, 0) is 25.9 Å². The van der Waals surface area contributed by atoms with Gasteiger partial charge in [0.2, 0.25) is 0 Å². The monoisotopic (exact) mass is 305 g/mol. The average molecular weight is 305 g/mol. The van der Waals surface area contributed by atoms with Gasteiger partial charge in [-0.05, 0) is 11.8 Å². The number of rotatable bonds is 1. The fourth-order valence-corrected chi connectivity index (χ4v) is 0.260. The van der Waals surface area contributed by atoms with Crippen LogP contribution in [0.3, 0.4) is 0 Å². The van der Waals surface area contributed by atoms with Crippen LogP contribution in [-0.4, -0.2) is 9.94 Å². The smallest absolute Gasteiger partial charge is 0.183 e. The van der Waals surface area contributed by atoms with Gasteiger partial charge < -0.3 is 5.73 Å². The molecule has 0 aromatic heterocycles. The summed E-state index contributed by atoms with van der Waals surface area (Å²) in [6, 6.07) is 0. The fraction of sp³-hybridized carbons (Fsp3) is 0. The third-order valence-corrected chi connectivity index (χ3v) is 0.781. The van der Waals surface area contributed by atoms with E-state index < -0.39 is 0 Å². The molecule has 0 fully saturated rings. The first-order chi connectivity index (χ1) is 2.77. The zero-order valence-electron chi connectivity index (χ0n) is 3.29. The van der Waals surface area contributed by atoms with Gasteiger partial charge in [0.15, 0.2) is 5.62 Å². The second kappa shape index (κ2) is 6.60. The van der Waals surface area contributed by atoms with Crippen LogP contribution in [0.1, 0.15) is 0 Å². The van der Waals surface area contributed by atoms with E-state index in [9.17, 15) is 4.79 Å². The predicted molar refractivity (Wildman–Crippen MR) is 31.1 cm³/mol. The van der Waals surface area contributed by atoms with Crippen molar-refractivity contribution in [1.29, 1.82) is 0 Å². The van der Waals surface area contributed by atoms with E-state index in [1.165, 1.54) is 0 Å². The Hall–Kier alpha value is 0.598. The molecule has 40 valence electrons. The van der Waals surface area contributed by atoms with E-state index >= 15 is 0 Å². The summed E-state index contributed by atoms with van der Waals surface area (Å²) in [5, 5.41) is 0. The molecule has 0 radical (unpaired) electrons. The minimum Gasteiger partial charge on any atom is -0.384 e. The Kier molecular flexibility index (Phi) is 9.95. The van der Waals surface area contributed by atoms with E-state index in [0.29, 0.717) is 5.62 Å². The Morgan fingerprint density at radius 3 is 2.29 bits per heavy atom. The Morgan fingerprint density at radius 2 is 2.29 bits per heavy atom. The van der Waals surface area contributed by atoms with Crippen molar-refractivity contribution in [2.45, 2.75) is 0 Å². The van der Waals surface area contributed by atoms with Crippen molar-refractivity contribution in [2.75, 3.05) is 0 Å². The molecular weight excluding hydrogens is 302 g/mol. The summed E-state index contributed by atoms with van der Waals surface area (Å²) in [4.78, 5) is 9.41. The van der Waals surface area contributed by atoms with Crippen molar-refractivity contribution in [3.8, 4) is 0 Å². The topological polar surface area (TPSA) is 43.1 Å². The minimum absolute atomic E-state index is 0. The van der Waals surface area contributed by atoms with Crippen molar-refractivity contribution in [2.24, 2.45) is 5.73 Å². The van der Waals surface area contributed by atoms with Crippen LogP contribution in [0.15, 0.2) is 0 Å². The summed E-state index contributed by atoms with van der Waals surface area (Å²) >= 11 is 5.12. The van der Waals surface area contributed by atoms with Crippen LogP contribution < -0.4 is 5.73 Å². The van der Waals surface area contributed by atoms with Crippen molar-refractivity contribution >= 4 is 33.9 Å². The number of nitrogens with two attached hydrogens (primary N) is 1. The standard InChI is InChI=1S/C2H3NOS2.W/c3-2(5)6-1-4;/h1H,(H2,3,5);. The molecule has 0 aliphatic rings. The normalized spacial score (nSPS) is 6.29. The molecule has 5 heteroatoms. The second-order valence-corrected chi connectivity index (χ2v) is 2.10. The van der Waals surface area contributed by atoms with Gasteiger partial charge >= 0.3 is 0 Å². The quantitative estimate of drug-likeness (QED) is 0.553. The van der Waals surface area contributed by atoms with Crippen LogP contribution in [0.25, 0.3) is 0 Å². The van der Waals surface area contributed by atoms with E-state index in [1.807, 2.05) is 0 Å². The van der Waals surface area contributed by atoms with Crippen LogP contribution in [0, 0.1) is 0 Å². The molecule has 0 heterocycles. The summed E-state index contributed by atoms with van der Waals surface area (Å²) in [5.41, 5.74) is 5.47. The van der Waals surface area contributed by atoms with Crippen molar-refractivity contribution < 1.29 is 25.9 Å². The molecule has 0 amide bonds. The van der Waals surface area contributed by atoms with Gasteiger partial charge in [-0.3, -0.25) is 4.79 Å². The van der Waals surface area contributed by atoms with Crippen LogP contribution in [0.5, 0.6) is 0 Å². The molecule has 0 saturated carbocycles. The number of thioether (sulfide) groups is 1.